The molecule has 2 N–H and O–H groups in total. The average Bonchev–Trinajstić information content (AvgIpc) is 2.16. The summed E-state index contributed by atoms with van der Waals surface area (Å²) in [4.78, 5) is 0. The first-order valence-electron chi connectivity index (χ1n) is 5.29. The van der Waals surface area contributed by atoms with Crippen LogP contribution in [0.15, 0.2) is 18.2 Å². The van der Waals surface area contributed by atoms with Crippen LogP contribution >= 0.6 is 11.8 Å². The van der Waals surface area contributed by atoms with E-state index in [0.717, 1.165) is 5.75 Å². The summed E-state index contributed by atoms with van der Waals surface area (Å²) in [6, 6.07) is 3.25. The molecule has 0 saturated carbocycles. The summed E-state index contributed by atoms with van der Waals surface area (Å²) in [6.45, 7) is 4.20. The second kappa shape index (κ2) is 6.21. The molecule has 1 aromatic rings. The molecule has 0 saturated heterocycles. The van der Waals surface area contributed by atoms with Crippen LogP contribution in [0.3, 0.4) is 0 Å². The number of halogens is 2. The second-order valence-corrected chi connectivity index (χ2v) is 5.25. The van der Waals surface area contributed by atoms with Gasteiger partial charge in [0.25, 0.3) is 0 Å². The molecule has 0 aliphatic rings. The van der Waals surface area contributed by atoms with Crippen LogP contribution in [0.4, 0.5) is 8.78 Å². The molecule has 0 aliphatic carbocycles. The Bertz CT molecular complexity index is 322. The van der Waals surface area contributed by atoms with E-state index in [2.05, 4.69) is 13.8 Å². The summed E-state index contributed by atoms with van der Waals surface area (Å²) in [5.41, 5.74) is 5.78. The highest BCUT2D eigenvalue weighted by Crippen LogP contribution is 2.22. The quantitative estimate of drug-likeness (QED) is 0.861. The summed E-state index contributed by atoms with van der Waals surface area (Å²) >= 11 is 1.62. The number of hydrogen-bond acceptors (Lipinski definition) is 2. The second-order valence-electron chi connectivity index (χ2n) is 4.17. The van der Waals surface area contributed by atoms with Crippen molar-refractivity contribution < 1.29 is 8.78 Å². The summed E-state index contributed by atoms with van der Waals surface area (Å²) in [5, 5.41) is 0. The predicted octanol–water partition coefficient (Wildman–Crippen LogP) is 3.35. The van der Waals surface area contributed by atoms with Crippen molar-refractivity contribution >= 4 is 11.8 Å². The monoisotopic (exact) mass is 245 g/mol. The Morgan fingerprint density at radius 1 is 1.19 bits per heavy atom. The molecule has 16 heavy (non-hydrogen) atoms. The van der Waals surface area contributed by atoms with E-state index in [1.165, 1.54) is 18.2 Å². The molecule has 0 aromatic heterocycles. The molecule has 90 valence electrons. The van der Waals surface area contributed by atoms with E-state index in [-0.39, 0.29) is 5.56 Å². The Morgan fingerprint density at radius 3 is 2.25 bits per heavy atom. The SMILES string of the molecule is CC(C)CSCC(N)c1c(F)cccc1F. The van der Waals surface area contributed by atoms with Gasteiger partial charge in [0.15, 0.2) is 0 Å². The van der Waals surface area contributed by atoms with Crippen LogP contribution in [-0.2, 0) is 0 Å². The van der Waals surface area contributed by atoms with Crippen molar-refractivity contribution in [2.45, 2.75) is 19.9 Å². The third kappa shape index (κ3) is 3.76. The van der Waals surface area contributed by atoms with E-state index in [1.54, 1.807) is 11.8 Å². The molecular weight excluding hydrogens is 228 g/mol. The van der Waals surface area contributed by atoms with Gasteiger partial charge in [-0.1, -0.05) is 19.9 Å². The maximum Gasteiger partial charge on any atom is 0.130 e. The van der Waals surface area contributed by atoms with Crippen LogP contribution in [0.25, 0.3) is 0 Å². The smallest absolute Gasteiger partial charge is 0.130 e. The maximum absolute atomic E-state index is 13.4. The molecule has 1 nitrogen and oxygen atoms in total. The van der Waals surface area contributed by atoms with Gasteiger partial charge in [0, 0.05) is 17.4 Å². The summed E-state index contributed by atoms with van der Waals surface area (Å²) in [6.07, 6.45) is 0. The number of rotatable bonds is 5. The van der Waals surface area contributed by atoms with E-state index in [4.69, 9.17) is 5.73 Å². The van der Waals surface area contributed by atoms with Gasteiger partial charge in [-0.25, -0.2) is 8.78 Å². The van der Waals surface area contributed by atoms with Crippen LogP contribution in [0.1, 0.15) is 25.5 Å². The molecule has 0 amide bonds. The van der Waals surface area contributed by atoms with E-state index in [0.29, 0.717) is 11.7 Å². The van der Waals surface area contributed by atoms with Gasteiger partial charge in [-0.15, -0.1) is 0 Å². The lowest BCUT2D eigenvalue weighted by molar-refractivity contribution is 0.538. The van der Waals surface area contributed by atoms with Crippen molar-refractivity contribution in [2.24, 2.45) is 11.7 Å². The first kappa shape index (κ1) is 13.5. The molecule has 1 unspecified atom stereocenters. The van der Waals surface area contributed by atoms with Gasteiger partial charge in [-0.05, 0) is 23.8 Å². The van der Waals surface area contributed by atoms with E-state index < -0.39 is 17.7 Å². The lowest BCUT2D eigenvalue weighted by Crippen LogP contribution is -2.17. The zero-order valence-corrected chi connectivity index (χ0v) is 10.4. The van der Waals surface area contributed by atoms with E-state index in [1.807, 2.05) is 0 Å². The summed E-state index contributed by atoms with van der Waals surface area (Å²) < 4.78 is 26.7. The highest BCUT2D eigenvalue weighted by molar-refractivity contribution is 7.99. The van der Waals surface area contributed by atoms with Crippen molar-refractivity contribution in [2.75, 3.05) is 11.5 Å². The van der Waals surface area contributed by atoms with Gasteiger partial charge in [-0.2, -0.15) is 11.8 Å². The van der Waals surface area contributed by atoms with Crippen molar-refractivity contribution in [3.63, 3.8) is 0 Å². The third-order valence-corrected chi connectivity index (χ3v) is 3.62. The molecule has 4 heteroatoms. The molecule has 1 aromatic carbocycles. The Hall–Kier alpha value is -0.610. The fourth-order valence-electron chi connectivity index (χ4n) is 1.38. The van der Waals surface area contributed by atoms with Crippen molar-refractivity contribution in [1.82, 2.24) is 0 Å². The molecule has 0 aliphatic heterocycles. The van der Waals surface area contributed by atoms with E-state index >= 15 is 0 Å². The topological polar surface area (TPSA) is 26.0 Å². The van der Waals surface area contributed by atoms with Crippen LogP contribution in [0, 0.1) is 17.6 Å². The zero-order valence-electron chi connectivity index (χ0n) is 9.54. The molecule has 1 rings (SSSR count). The van der Waals surface area contributed by atoms with Gasteiger partial charge in [0.05, 0.1) is 0 Å². The molecule has 0 bridgehead atoms. The molecule has 0 fully saturated rings. The van der Waals surface area contributed by atoms with E-state index in [9.17, 15) is 8.78 Å². The van der Waals surface area contributed by atoms with Crippen molar-refractivity contribution in [1.29, 1.82) is 0 Å². The van der Waals surface area contributed by atoms with Gasteiger partial charge in [-0.3, -0.25) is 0 Å². The lowest BCUT2D eigenvalue weighted by atomic mass is 10.1. The Morgan fingerprint density at radius 2 is 1.75 bits per heavy atom. The first-order chi connectivity index (χ1) is 7.52. The van der Waals surface area contributed by atoms with Gasteiger partial charge < -0.3 is 5.73 Å². The largest absolute Gasteiger partial charge is 0.323 e. The third-order valence-electron chi connectivity index (χ3n) is 2.12. The normalized spacial score (nSPS) is 13.1. The lowest BCUT2D eigenvalue weighted by Gasteiger charge is -2.14. The maximum atomic E-state index is 13.4. The minimum Gasteiger partial charge on any atom is -0.323 e. The Labute approximate surface area is 99.4 Å². The number of nitrogens with two attached hydrogens (primary N) is 1. The molecule has 0 radical (unpaired) electrons. The fraction of sp³-hybridized carbons (Fsp3) is 0.500. The van der Waals surface area contributed by atoms with Crippen LogP contribution < -0.4 is 5.73 Å². The summed E-state index contributed by atoms with van der Waals surface area (Å²) in [7, 11) is 0. The minimum atomic E-state index is -0.579. The zero-order chi connectivity index (χ0) is 12.1. The predicted molar refractivity (Wildman–Crippen MR) is 65.4 cm³/mol. The van der Waals surface area contributed by atoms with Crippen molar-refractivity contribution in [3.05, 3.63) is 35.4 Å². The highest BCUT2D eigenvalue weighted by atomic mass is 32.2. The van der Waals surface area contributed by atoms with Crippen LogP contribution in [0.5, 0.6) is 0 Å². The van der Waals surface area contributed by atoms with Crippen LogP contribution in [0.2, 0.25) is 0 Å². The first-order valence-corrected chi connectivity index (χ1v) is 6.45. The van der Waals surface area contributed by atoms with Crippen molar-refractivity contribution in [3.8, 4) is 0 Å². The summed E-state index contributed by atoms with van der Waals surface area (Å²) in [5.74, 6) is 0.928. The Kier molecular flexibility index (Phi) is 5.22. The molecule has 0 spiro atoms. The number of hydrogen-bond donors (Lipinski definition) is 1. The highest BCUT2D eigenvalue weighted by Gasteiger charge is 2.16. The fourth-order valence-corrected chi connectivity index (χ4v) is 2.41. The molecule has 0 heterocycles. The van der Waals surface area contributed by atoms with Gasteiger partial charge in [0.1, 0.15) is 11.6 Å². The molecule has 1 atom stereocenters. The van der Waals surface area contributed by atoms with Gasteiger partial charge in [0.2, 0.25) is 0 Å². The van der Waals surface area contributed by atoms with Gasteiger partial charge >= 0.3 is 0 Å². The minimum absolute atomic E-state index is 0.00115. The Balaban J connectivity index is 2.62. The average molecular weight is 245 g/mol. The van der Waals surface area contributed by atoms with Crippen LogP contribution in [-0.4, -0.2) is 11.5 Å². The standard InChI is InChI=1S/C12H17F2NS/c1-8(2)6-16-7-11(15)12-9(13)4-3-5-10(12)14/h3-5,8,11H,6-7,15H2,1-2H3. The molecular formula is C12H17F2NS. The number of thioether (sulfide) groups is 1. The number of benzene rings is 1.